The third-order valence-electron chi connectivity index (χ3n) is 1.83. The average Bonchev–Trinajstić information content (AvgIpc) is 2.15. The molecular formula is C6H8ClF3N2. The summed E-state index contributed by atoms with van der Waals surface area (Å²) >= 11 is 5.52. The Labute approximate surface area is 73.0 Å². The summed E-state index contributed by atoms with van der Waals surface area (Å²) in [5, 5.41) is 3.48. The monoisotopic (exact) mass is 200 g/mol. The molecule has 0 aromatic heterocycles. The van der Waals surface area contributed by atoms with Crippen LogP contribution in [0.3, 0.4) is 0 Å². The van der Waals surface area contributed by atoms with E-state index < -0.39 is 23.3 Å². The lowest BCUT2D eigenvalue weighted by Crippen LogP contribution is -2.34. The van der Waals surface area contributed by atoms with Gasteiger partial charge < -0.3 is 0 Å². The van der Waals surface area contributed by atoms with E-state index in [0.717, 1.165) is 0 Å². The summed E-state index contributed by atoms with van der Waals surface area (Å²) in [6.45, 7) is 1.60. The molecule has 2 atom stereocenters. The van der Waals surface area contributed by atoms with E-state index in [1.54, 1.807) is 6.92 Å². The minimum Gasteiger partial charge on any atom is -0.295 e. The molecule has 12 heavy (non-hydrogen) atoms. The standard InChI is InChI=1S/C6H8ClF3N2/c1-3-4(7)5(6(8,9)10)11-12(3)2/h3-4H,1-2H3. The fourth-order valence-corrected chi connectivity index (χ4v) is 1.28. The Morgan fingerprint density at radius 3 is 2.17 bits per heavy atom. The van der Waals surface area contributed by atoms with E-state index in [0.29, 0.717) is 0 Å². The molecule has 0 fully saturated rings. The zero-order valence-electron chi connectivity index (χ0n) is 6.56. The quantitative estimate of drug-likeness (QED) is 0.545. The molecule has 70 valence electrons. The lowest BCUT2D eigenvalue weighted by atomic mass is 10.1. The van der Waals surface area contributed by atoms with E-state index in [4.69, 9.17) is 11.6 Å². The first-order valence-electron chi connectivity index (χ1n) is 3.36. The van der Waals surface area contributed by atoms with Crippen LogP contribution in [0.25, 0.3) is 0 Å². The molecule has 0 spiro atoms. The summed E-state index contributed by atoms with van der Waals surface area (Å²) in [6, 6.07) is -0.400. The van der Waals surface area contributed by atoms with Crippen LogP contribution in [0.2, 0.25) is 0 Å². The molecule has 0 aromatic carbocycles. The predicted octanol–water partition coefficient (Wildman–Crippen LogP) is 1.85. The van der Waals surface area contributed by atoms with Crippen molar-refractivity contribution in [1.29, 1.82) is 0 Å². The maximum Gasteiger partial charge on any atom is 0.432 e. The van der Waals surface area contributed by atoms with Crippen molar-refractivity contribution in [3.05, 3.63) is 0 Å². The maximum absolute atomic E-state index is 12.1. The van der Waals surface area contributed by atoms with E-state index in [-0.39, 0.29) is 0 Å². The third-order valence-corrected chi connectivity index (χ3v) is 2.40. The van der Waals surface area contributed by atoms with Gasteiger partial charge >= 0.3 is 6.18 Å². The minimum atomic E-state index is -4.41. The van der Waals surface area contributed by atoms with Gasteiger partial charge in [0.25, 0.3) is 0 Å². The highest BCUT2D eigenvalue weighted by atomic mass is 35.5. The van der Waals surface area contributed by atoms with Gasteiger partial charge in [0.2, 0.25) is 0 Å². The van der Waals surface area contributed by atoms with Crippen molar-refractivity contribution in [2.75, 3.05) is 7.05 Å². The van der Waals surface area contributed by atoms with Gasteiger partial charge in [0.1, 0.15) is 5.38 Å². The van der Waals surface area contributed by atoms with Gasteiger partial charge in [0, 0.05) is 7.05 Å². The van der Waals surface area contributed by atoms with E-state index in [2.05, 4.69) is 5.10 Å². The van der Waals surface area contributed by atoms with Crippen LogP contribution < -0.4 is 0 Å². The molecule has 0 radical (unpaired) electrons. The minimum absolute atomic E-state index is 0.400. The van der Waals surface area contributed by atoms with Gasteiger partial charge in [-0.25, -0.2) is 0 Å². The van der Waals surface area contributed by atoms with Crippen LogP contribution >= 0.6 is 11.6 Å². The lowest BCUT2D eigenvalue weighted by Gasteiger charge is -2.15. The second-order valence-corrected chi connectivity index (χ2v) is 3.17. The predicted molar refractivity (Wildman–Crippen MR) is 40.4 cm³/mol. The second-order valence-electron chi connectivity index (χ2n) is 2.70. The largest absolute Gasteiger partial charge is 0.432 e. The number of nitrogens with zero attached hydrogens (tertiary/aromatic N) is 2. The van der Waals surface area contributed by atoms with Crippen LogP contribution in [0, 0.1) is 0 Å². The van der Waals surface area contributed by atoms with Gasteiger partial charge in [-0.2, -0.15) is 18.3 Å². The fraction of sp³-hybridized carbons (Fsp3) is 0.833. The van der Waals surface area contributed by atoms with Crippen molar-refractivity contribution in [3.63, 3.8) is 0 Å². The van der Waals surface area contributed by atoms with Crippen molar-refractivity contribution in [2.45, 2.75) is 24.5 Å². The van der Waals surface area contributed by atoms with Crippen molar-refractivity contribution in [3.8, 4) is 0 Å². The SMILES string of the molecule is CC1C(Cl)C(C(F)(F)F)=NN1C. The third kappa shape index (κ3) is 1.50. The summed E-state index contributed by atoms with van der Waals surface area (Å²) in [5.41, 5.74) is -0.904. The smallest absolute Gasteiger partial charge is 0.295 e. The van der Waals surface area contributed by atoms with Crippen LogP contribution in [0.15, 0.2) is 5.10 Å². The summed E-state index contributed by atoms with van der Waals surface area (Å²) in [7, 11) is 1.47. The molecule has 0 aliphatic carbocycles. The van der Waals surface area contributed by atoms with Gasteiger partial charge in [-0.15, -0.1) is 11.6 Å². The van der Waals surface area contributed by atoms with Crippen LogP contribution in [-0.4, -0.2) is 35.4 Å². The molecule has 1 aliphatic heterocycles. The number of rotatable bonds is 0. The van der Waals surface area contributed by atoms with Crippen LogP contribution in [-0.2, 0) is 0 Å². The average molecular weight is 201 g/mol. The highest BCUT2D eigenvalue weighted by Crippen LogP contribution is 2.29. The first kappa shape index (κ1) is 9.64. The van der Waals surface area contributed by atoms with Crippen molar-refractivity contribution in [2.24, 2.45) is 5.10 Å². The molecule has 0 amide bonds. The molecule has 0 N–H and O–H groups in total. The molecule has 1 aliphatic rings. The lowest BCUT2D eigenvalue weighted by molar-refractivity contribution is -0.0599. The molecule has 2 unspecified atom stereocenters. The maximum atomic E-state index is 12.1. The molecule has 0 saturated carbocycles. The summed E-state index contributed by atoms with van der Waals surface area (Å²) < 4.78 is 36.3. The highest BCUT2D eigenvalue weighted by molar-refractivity contribution is 6.34. The molecule has 0 bridgehead atoms. The molecule has 1 heterocycles. The number of alkyl halides is 4. The van der Waals surface area contributed by atoms with Gasteiger partial charge in [0.05, 0.1) is 6.04 Å². The van der Waals surface area contributed by atoms with Gasteiger partial charge in [-0.3, -0.25) is 5.01 Å². The first-order valence-corrected chi connectivity index (χ1v) is 3.80. The van der Waals surface area contributed by atoms with E-state index in [9.17, 15) is 13.2 Å². The zero-order valence-corrected chi connectivity index (χ0v) is 7.32. The van der Waals surface area contributed by atoms with Crippen molar-refractivity contribution >= 4 is 17.3 Å². The summed E-state index contributed by atoms with van der Waals surface area (Å²) in [4.78, 5) is 0. The molecule has 1 rings (SSSR count). The second kappa shape index (κ2) is 2.80. The van der Waals surface area contributed by atoms with Gasteiger partial charge in [0.15, 0.2) is 5.71 Å². The van der Waals surface area contributed by atoms with Crippen molar-refractivity contribution < 1.29 is 13.2 Å². The number of hydrogen-bond donors (Lipinski definition) is 0. The van der Waals surface area contributed by atoms with E-state index in [1.165, 1.54) is 12.1 Å². The molecular weight excluding hydrogens is 193 g/mol. The molecule has 6 heteroatoms. The van der Waals surface area contributed by atoms with Crippen molar-refractivity contribution in [1.82, 2.24) is 5.01 Å². The molecule has 0 aromatic rings. The Morgan fingerprint density at radius 1 is 1.50 bits per heavy atom. The van der Waals surface area contributed by atoms with E-state index >= 15 is 0 Å². The fourth-order valence-electron chi connectivity index (χ4n) is 0.947. The Morgan fingerprint density at radius 2 is 2.00 bits per heavy atom. The Hall–Kier alpha value is -0.450. The Balaban J connectivity index is 2.87. The molecule has 0 saturated heterocycles. The topological polar surface area (TPSA) is 15.6 Å². The molecule has 2 nitrogen and oxygen atoms in total. The number of halogens is 4. The van der Waals surface area contributed by atoms with Crippen LogP contribution in [0.1, 0.15) is 6.92 Å². The Kier molecular flexibility index (Phi) is 2.25. The number of hydrazone groups is 1. The van der Waals surface area contributed by atoms with Gasteiger partial charge in [-0.1, -0.05) is 0 Å². The normalized spacial score (nSPS) is 30.8. The first-order chi connectivity index (χ1) is 5.34. The van der Waals surface area contributed by atoms with E-state index in [1.807, 2.05) is 0 Å². The number of hydrogen-bond acceptors (Lipinski definition) is 2. The zero-order chi connectivity index (χ0) is 9.52. The van der Waals surface area contributed by atoms with Crippen LogP contribution in [0.4, 0.5) is 13.2 Å². The van der Waals surface area contributed by atoms with Crippen LogP contribution in [0.5, 0.6) is 0 Å². The Bertz CT molecular complexity index is 213. The summed E-state index contributed by atoms with van der Waals surface area (Å²) in [5.74, 6) is 0. The highest BCUT2D eigenvalue weighted by Gasteiger charge is 2.46. The van der Waals surface area contributed by atoms with Gasteiger partial charge in [-0.05, 0) is 6.92 Å². The summed E-state index contributed by atoms with van der Waals surface area (Å²) in [6.07, 6.45) is -4.41.